The lowest BCUT2D eigenvalue weighted by Crippen LogP contribution is -1.89. The predicted octanol–water partition coefficient (Wildman–Crippen LogP) is 2.16. The Kier molecular flexibility index (Phi) is 2.32. The molecule has 1 heterocycles. The summed E-state index contributed by atoms with van der Waals surface area (Å²) in [6.07, 6.45) is 0. The number of phenols is 1. The van der Waals surface area contributed by atoms with Crippen molar-refractivity contribution < 1.29 is 5.11 Å². The van der Waals surface area contributed by atoms with E-state index in [-0.39, 0.29) is 5.75 Å². The van der Waals surface area contributed by atoms with Crippen molar-refractivity contribution in [3.8, 4) is 17.1 Å². The summed E-state index contributed by atoms with van der Waals surface area (Å²) in [7, 11) is 1.81. The number of nitrogens with zero attached hydrogens (tertiary/aromatic N) is 2. The lowest BCUT2D eigenvalue weighted by atomic mass is 10.1. The second kappa shape index (κ2) is 3.51. The average Bonchev–Trinajstić information content (AvgIpc) is 2.52. The van der Waals surface area contributed by atoms with Crippen LogP contribution in [0.1, 0.15) is 5.56 Å². The number of nitrogens with one attached hydrogen (secondary N) is 1. The highest BCUT2D eigenvalue weighted by Crippen LogP contribution is 2.22. The molecule has 2 aromatic rings. The number of aryl methyl sites for hydroxylation is 2. The zero-order chi connectivity index (χ0) is 11.0. The van der Waals surface area contributed by atoms with Crippen molar-refractivity contribution in [2.45, 2.75) is 6.92 Å². The number of rotatable bonds is 1. The van der Waals surface area contributed by atoms with Gasteiger partial charge in [-0.2, -0.15) is 4.98 Å². The Morgan fingerprint density at radius 2 is 2.20 bits per heavy atom. The number of H-pyrrole nitrogens is 1. The van der Waals surface area contributed by atoms with Gasteiger partial charge in [0.15, 0.2) is 5.82 Å². The molecule has 1 aromatic heterocycles. The highest BCUT2D eigenvalue weighted by atomic mass is 32.1. The van der Waals surface area contributed by atoms with E-state index >= 15 is 0 Å². The van der Waals surface area contributed by atoms with Crippen LogP contribution in [0.3, 0.4) is 0 Å². The van der Waals surface area contributed by atoms with Crippen molar-refractivity contribution in [1.82, 2.24) is 14.8 Å². The van der Waals surface area contributed by atoms with Crippen LogP contribution in [-0.2, 0) is 7.05 Å². The standard InChI is InChI=1S/C10H11N3OS/c1-6-5-7(3-4-8(6)14)9-11-10(15)13(2)12-9/h3-5,14H,1-2H3,(H,11,12,15). The molecular formula is C10H11N3OS. The molecule has 0 aliphatic rings. The van der Waals surface area contributed by atoms with Crippen LogP contribution in [0.25, 0.3) is 11.4 Å². The molecule has 0 atom stereocenters. The zero-order valence-corrected chi connectivity index (χ0v) is 9.30. The molecule has 0 unspecified atom stereocenters. The second-order valence-electron chi connectivity index (χ2n) is 3.42. The summed E-state index contributed by atoms with van der Waals surface area (Å²) in [5, 5.41) is 12.4. The molecule has 0 aliphatic carbocycles. The molecule has 0 amide bonds. The van der Waals surface area contributed by atoms with Crippen molar-refractivity contribution >= 4 is 12.2 Å². The Balaban J connectivity index is 2.54. The van der Waals surface area contributed by atoms with E-state index < -0.39 is 0 Å². The molecule has 0 spiro atoms. The van der Waals surface area contributed by atoms with Crippen molar-refractivity contribution in [2.24, 2.45) is 7.05 Å². The first-order chi connectivity index (χ1) is 7.08. The van der Waals surface area contributed by atoms with Crippen LogP contribution in [0.5, 0.6) is 5.75 Å². The molecule has 2 rings (SSSR count). The molecule has 15 heavy (non-hydrogen) atoms. The molecule has 2 N–H and O–H groups in total. The monoisotopic (exact) mass is 221 g/mol. The maximum atomic E-state index is 9.39. The molecule has 0 radical (unpaired) electrons. The fraction of sp³-hybridized carbons (Fsp3) is 0.200. The molecule has 1 aromatic carbocycles. The SMILES string of the molecule is Cc1cc(-c2nc(=S)n(C)[nH]2)ccc1O. The van der Waals surface area contributed by atoms with Crippen LogP contribution >= 0.6 is 12.2 Å². The Bertz CT molecular complexity index is 556. The van der Waals surface area contributed by atoms with Crippen molar-refractivity contribution in [3.63, 3.8) is 0 Å². The fourth-order valence-corrected chi connectivity index (χ4v) is 1.47. The van der Waals surface area contributed by atoms with Gasteiger partial charge in [0.05, 0.1) is 0 Å². The van der Waals surface area contributed by atoms with E-state index in [1.165, 1.54) is 0 Å². The molecule has 0 aliphatic heterocycles. The highest BCUT2D eigenvalue weighted by Gasteiger charge is 2.04. The van der Waals surface area contributed by atoms with Gasteiger partial charge in [0.2, 0.25) is 4.77 Å². The van der Waals surface area contributed by atoms with Crippen molar-refractivity contribution in [2.75, 3.05) is 0 Å². The Morgan fingerprint density at radius 3 is 2.73 bits per heavy atom. The summed E-state index contributed by atoms with van der Waals surface area (Å²) in [6.45, 7) is 1.84. The number of benzene rings is 1. The predicted molar refractivity (Wildman–Crippen MR) is 60.2 cm³/mol. The maximum Gasteiger partial charge on any atom is 0.216 e. The number of aromatic amines is 1. The minimum atomic E-state index is 0.285. The Hall–Kier alpha value is -1.62. The van der Waals surface area contributed by atoms with Crippen molar-refractivity contribution in [3.05, 3.63) is 28.5 Å². The Morgan fingerprint density at radius 1 is 1.47 bits per heavy atom. The molecule has 78 valence electrons. The van der Waals surface area contributed by atoms with Crippen LogP contribution in [0.4, 0.5) is 0 Å². The quantitative estimate of drug-likeness (QED) is 0.725. The third-order valence-corrected chi connectivity index (χ3v) is 2.60. The number of phenolic OH excluding ortho intramolecular Hbond substituents is 1. The van der Waals surface area contributed by atoms with E-state index in [1.807, 2.05) is 20.0 Å². The first-order valence-electron chi connectivity index (χ1n) is 4.51. The molecule has 0 fully saturated rings. The smallest absolute Gasteiger partial charge is 0.216 e. The number of hydrogen-bond acceptors (Lipinski definition) is 3. The molecular weight excluding hydrogens is 210 g/mol. The summed E-state index contributed by atoms with van der Waals surface area (Å²) in [4.78, 5) is 4.19. The van der Waals surface area contributed by atoms with E-state index in [9.17, 15) is 5.11 Å². The van der Waals surface area contributed by atoms with Gasteiger partial charge in [-0.3, -0.25) is 9.78 Å². The van der Waals surface area contributed by atoms with Gasteiger partial charge in [0.1, 0.15) is 5.75 Å². The third kappa shape index (κ3) is 1.78. The summed E-state index contributed by atoms with van der Waals surface area (Å²) >= 11 is 5.00. The Labute approximate surface area is 92.2 Å². The van der Waals surface area contributed by atoms with Gasteiger partial charge in [-0.25, -0.2) is 0 Å². The van der Waals surface area contributed by atoms with Gasteiger partial charge in [-0.1, -0.05) is 0 Å². The largest absolute Gasteiger partial charge is 0.508 e. The van der Waals surface area contributed by atoms with Gasteiger partial charge in [0.25, 0.3) is 0 Å². The molecule has 0 bridgehead atoms. The van der Waals surface area contributed by atoms with Crippen LogP contribution < -0.4 is 0 Å². The van der Waals surface area contributed by atoms with Crippen molar-refractivity contribution in [1.29, 1.82) is 0 Å². The number of hydrogen-bond donors (Lipinski definition) is 2. The van der Waals surface area contributed by atoms with E-state index in [2.05, 4.69) is 10.1 Å². The molecule has 0 saturated heterocycles. The van der Waals surface area contributed by atoms with E-state index in [0.717, 1.165) is 11.1 Å². The van der Waals surface area contributed by atoms with Gasteiger partial charge < -0.3 is 5.11 Å². The van der Waals surface area contributed by atoms with Gasteiger partial charge in [0, 0.05) is 12.6 Å². The van der Waals surface area contributed by atoms with Crippen LogP contribution in [0.15, 0.2) is 18.2 Å². The van der Waals surface area contributed by atoms with E-state index in [1.54, 1.807) is 16.8 Å². The summed E-state index contributed by atoms with van der Waals surface area (Å²) < 4.78 is 2.18. The third-order valence-electron chi connectivity index (χ3n) is 2.24. The zero-order valence-electron chi connectivity index (χ0n) is 8.48. The first-order valence-corrected chi connectivity index (χ1v) is 4.92. The number of aromatic nitrogens is 3. The van der Waals surface area contributed by atoms with E-state index in [0.29, 0.717) is 10.6 Å². The maximum absolute atomic E-state index is 9.39. The summed E-state index contributed by atoms with van der Waals surface area (Å²) in [6, 6.07) is 5.31. The van der Waals surface area contributed by atoms with E-state index in [4.69, 9.17) is 12.2 Å². The highest BCUT2D eigenvalue weighted by molar-refractivity contribution is 7.71. The molecule has 4 nitrogen and oxygen atoms in total. The second-order valence-corrected chi connectivity index (χ2v) is 3.78. The fourth-order valence-electron chi connectivity index (χ4n) is 1.33. The molecule has 0 saturated carbocycles. The van der Waals surface area contributed by atoms with Gasteiger partial charge >= 0.3 is 0 Å². The van der Waals surface area contributed by atoms with Crippen LogP contribution in [-0.4, -0.2) is 19.9 Å². The normalized spacial score (nSPS) is 10.5. The van der Waals surface area contributed by atoms with Crippen LogP contribution in [0.2, 0.25) is 0 Å². The number of aromatic hydroxyl groups is 1. The minimum Gasteiger partial charge on any atom is -0.508 e. The van der Waals surface area contributed by atoms with Crippen LogP contribution in [0, 0.1) is 11.7 Å². The lowest BCUT2D eigenvalue weighted by Gasteiger charge is -2.00. The minimum absolute atomic E-state index is 0.285. The summed E-state index contributed by atoms with van der Waals surface area (Å²) in [5.74, 6) is 0.999. The first kappa shape index (κ1) is 9.92. The average molecular weight is 221 g/mol. The lowest BCUT2D eigenvalue weighted by molar-refractivity contribution is 0.471. The summed E-state index contributed by atoms with van der Waals surface area (Å²) in [5.41, 5.74) is 1.73. The van der Waals surface area contributed by atoms with Gasteiger partial charge in [-0.05, 0) is 42.9 Å². The molecule has 5 heteroatoms. The van der Waals surface area contributed by atoms with Gasteiger partial charge in [-0.15, -0.1) is 0 Å². The topological polar surface area (TPSA) is 53.8 Å².